The first-order valence-corrected chi connectivity index (χ1v) is 23.1. The minimum Gasteiger partial charge on any atom is -0.298 e. The molecule has 3 heteroatoms. The first kappa shape index (κ1) is 46.8. The van der Waals surface area contributed by atoms with Gasteiger partial charge < -0.3 is 0 Å². The van der Waals surface area contributed by atoms with Crippen LogP contribution in [0.15, 0.2) is 237 Å². The highest BCUT2D eigenvalue weighted by Crippen LogP contribution is 2.22. The van der Waals surface area contributed by atoms with Crippen LogP contribution in [0.25, 0.3) is 50.5 Å². The van der Waals surface area contributed by atoms with Crippen molar-refractivity contribution in [3.8, 4) is 0 Å². The van der Waals surface area contributed by atoms with E-state index in [2.05, 4.69) is 272 Å². The fourth-order valence-corrected chi connectivity index (χ4v) is 8.16. The fraction of sp³-hybridized carbons (Fsp3) is 0.143. The molecule has 9 rings (SSSR count). The van der Waals surface area contributed by atoms with Gasteiger partial charge in [-0.3, -0.25) is 14.7 Å². The summed E-state index contributed by atoms with van der Waals surface area (Å²) < 4.78 is 0. The summed E-state index contributed by atoms with van der Waals surface area (Å²) in [6.07, 6.45) is 13.2. The predicted octanol–water partition coefficient (Wildman–Crippen LogP) is 15.0. The molecule has 3 nitrogen and oxygen atoms in total. The van der Waals surface area contributed by atoms with Crippen molar-refractivity contribution in [2.75, 3.05) is 40.8 Å². The van der Waals surface area contributed by atoms with Crippen LogP contribution in [0.4, 0.5) is 0 Å². The second-order valence-electron chi connectivity index (χ2n) is 16.9. The molecule has 0 aliphatic carbocycles. The number of benzene rings is 9. The molecule has 0 atom stereocenters. The molecule has 0 bridgehead atoms. The number of hydrogen-bond acceptors (Lipinski definition) is 3. The van der Waals surface area contributed by atoms with E-state index in [0.29, 0.717) is 0 Å². The molecule has 0 fully saturated rings. The van der Waals surface area contributed by atoms with Gasteiger partial charge in [0.05, 0.1) is 0 Å². The van der Waals surface area contributed by atoms with Gasteiger partial charge in [0.2, 0.25) is 0 Å². The minimum absolute atomic E-state index is 0.943. The van der Waals surface area contributed by atoms with Crippen molar-refractivity contribution in [3.63, 3.8) is 0 Å². The zero-order chi connectivity index (χ0) is 45.6. The molecule has 0 saturated heterocycles. The van der Waals surface area contributed by atoms with Gasteiger partial charge in [-0.15, -0.1) is 0 Å². The Kier molecular flexibility index (Phi) is 18.0. The van der Waals surface area contributed by atoms with Crippen LogP contribution in [0.2, 0.25) is 0 Å². The first-order chi connectivity index (χ1) is 32.5. The van der Waals surface area contributed by atoms with Crippen LogP contribution < -0.4 is 0 Å². The molecular formula is C63H63N3. The van der Waals surface area contributed by atoms with Gasteiger partial charge >= 0.3 is 0 Å². The Morgan fingerprint density at radius 2 is 0.515 bits per heavy atom. The van der Waals surface area contributed by atoms with Gasteiger partial charge in [-0.2, -0.15) is 0 Å². The van der Waals surface area contributed by atoms with Crippen LogP contribution in [0.5, 0.6) is 0 Å². The maximum absolute atomic E-state index is 2.33. The third-order valence-electron chi connectivity index (χ3n) is 11.5. The summed E-state index contributed by atoms with van der Waals surface area (Å²) in [7, 11) is 6.49. The Bertz CT molecular complexity index is 2580. The molecule has 9 aromatic carbocycles. The third-order valence-corrected chi connectivity index (χ3v) is 11.5. The summed E-state index contributed by atoms with van der Waals surface area (Å²) in [5, 5.41) is 7.99. The third kappa shape index (κ3) is 14.7. The predicted molar refractivity (Wildman–Crippen MR) is 287 cm³/mol. The molecule has 0 aromatic heterocycles. The van der Waals surface area contributed by atoms with Crippen molar-refractivity contribution in [3.05, 3.63) is 270 Å². The molecule has 0 spiro atoms. The van der Waals surface area contributed by atoms with Gasteiger partial charge in [0.1, 0.15) is 0 Å². The highest BCUT2D eigenvalue weighted by atomic mass is 15.1. The van der Waals surface area contributed by atoms with Gasteiger partial charge in [-0.1, -0.05) is 255 Å². The fourth-order valence-electron chi connectivity index (χ4n) is 8.16. The zero-order valence-electron chi connectivity index (χ0n) is 38.8. The van der Waals surface area contributed by atoms with E-state index in [1.165, 1.54) is 65.7 Å². The van der Waals surface area contributed by atoms with Crippen molar-refractivity contribution >= 4 is 50.5 Å². The van der Waals surface area contributed by atoms with E-state index in [4.69, 9.17) is 0 Å². The molecular weight excluding hydrogens is 799 g/mol. The van der Waals surface area contributed by atoms with Crippen LogP contribution in [0.3, 0.4) is 0 Å². The first-order valence-electron chi connectivity index (χ1n) is 23.1. The molecule has 9 aromatic rings. The van der Waals surface area contributed by atoms with Crippen molar-refractivity contribution < 1.29 is 0 Å². The Morgan fingerprint density at radius 3 is 0.803 bits per heavy atom. The highest BCUT2D eigenvalue weighted by molar-refractivity contribution is 5.87. The normalized spacial score (nSPS) is 11.5. The summed E-state index contributed by atoms with van der Waals surface area (Å²) in [6, 6.07) is 76.7. The Balaban J connectivity index is 0.000000147. The summed E-state index contributed by atoms with van der Waals surface area (Å²) in [5.74, 6) is 0. The van der Waals surface area contributed by atoms with E-state index in [9.17, 15) is 0 Å². The molecule has 0 unspecified atom stereocenters. The largest absolute Gasteiger partial charge is 0.298 e. The van der Waals surface area contributed by atoms with E-state index >= 15 is 0 Å². The summed E-state index contributed by atoms with van der Waals surface area (Å²) in [4.78, 5) is 7.00. The van der Waals surface area contributed by atoms with Gasteiger partial charge in [-0.05, 0) is 86.8 Å². The van der Waals surface area contributed by atoms with Crippen molar-refractivity contribution in [2.45, 2.75) is 19.6 Å². The molecule has 0 radical (unpaired) electrons. The average Bonchev–Trinajstić information content (AvgIpc) is 3.36. The smallest absolute Gasteiger partial charge is 0.0240 e. The molecule has 0 aliphatic heterocycles. The van der Waals surface area contributed by atoms with Crippen molar-refractivity contribution in [1.29, 1.82) is 0 Å². The lowest BCUT2D eigenvalue weighted by Gasteiger charge is -2.16. The molecule has 0 N–H and O–H groups in total. The van der Waals surface area contributed by atoms with Crippen LogP contribution in [0.1, 0.15) is 33.4 Å². The van der Waals surface area contributed by atoms with Gasteiger partial charge in [-0.25, -0.2) is 0 Å². The Hall–Kier alpha value is -7.14. The van der Waals surface area contributed by atoms with Crippen molar-refractivity contribution in [1.82, 2.24) is 14.7 Å². The van der Waals surface area contributed by atoms with E-state index < -0.39 is 0 Å². The van der Waals surface area contributed by atoms with Crippen LogP contribution in [-0.4, -0.2) is 55.5 Å². The van der Waals surface area contributed by atoms with Crippen LogP contribution >= 0.6 is 0 Å². The Labute approximate surface area is 393 Å². The highest BCUT2D eigenvalue weighted by Gasteiger charge is 2.06. The van der Waals surface area contributed by atoms with Gasteiger partial charge in [0.25, 0.3) is 0 Å². The SMILES string of the molecule is CN(C/C=C/c1ccccc1)Cc1cccc2ccccc12.CN(C/C=C/c1ccccc1)Cc1cccc2ccccc12.CN(C/C=C/c1ccccc1)Cc1cccc2ccccc12. The second kappa shape index (κ2) is 25.4. The van der Waals surface area contributed by atoms with E-state index in [-0.39, 0.29) is 0 Å². The number of rotatable bonds is 15. The molecule has 0 saturated carbocycles. The molecule has 0 amide bonds. The molecule has 0 aliphatic rings. The lowest BCUT2D eigenvalue weighted by molar-refractivity contribution is 0.365. The van der Waals surface area contributed by atoms with E-state index in [0.717, 1.165) is 39.3 Å². The second-order valence-corrected chi connectivity index (χ2v) is 16.9. The monoisotopic (exact) mass is 862 g/mol. The van der Waals surface area contributed by atoms with E-state index in [1.54, 1.807) is 0 Å². The van der Waals surface area contributed by atoms with E-state index in [1.807, 2.05) is 18.2 Å². The average molecular weight is 862 g/mol. The van der Waals surface area contributed by atoms with Gasteiger partial charge in [0, 0.05) is 39.3 Å². The summed E-state index contributed by atoms with van der Waals surface area (Å²) in [5.41, 5.74) is 7.90. The van der Waals surface area contributed by atoms with Crippen molar-refractivity contribution in [2.24, 2.45) is 0 Å². The topological polar surface area (TPSA) is 9.72 Å². The summed E-state index contributed by atoms with van der Waals surface area (Å²) >= 11 is 0. The number of fused-ring (bicyclic) bond motifs is 3. The summed E-state index contributed by atoms with van der Waals surface area (Å²) in [6.45, 7) is 5.70. The lowest BCUT2D eigenvalue weighted by Crippen LogP contribution is -2.17. The number of nitrogens with zero attached hydrogens (tertiary/aromatic N) is 3. The van der Waals surface area contributed by atoms with Gasteiger partial charge in [0.15, 0.2) is 0 Å². The Morgan fingerprint density at radius 1 is 0.273 bits per heavy atom. The molecule has 330 valence electrons. The number of hydrogen-bond donors (Lipinski definition) is 0. The quantitative estimate of drug-likeness (QED) is 0.102. The molecule has 66 heavy (non-hydrogen) atoms. The standard InChI is InChI=1S/3C21H21N/c3*1-22(16-8-11-18-9-3-2-4-10-18)17-20-14-7-13-19-12-5-6-15-21(19)20/h3*2-15H,16-17H2,1H3/b3*11-8+. The molecule has 0 heterocycles. The maximum atomic E-state index is 2.33. The number of likely N-dealkylation sites (N-methyl/N-ethyl adjacent to an activating group) is 3. The minimum atomic E-state index is 0.943. The van der Waals surface area contributed by atoms with Crippen LogP contribution in [0, 0.1) is 0 Å². The maximum Gasteiger partial charge on any atom is 0.0240 e. The lowest BCUT2D eigenvalue weighted by atomic mass is 10.0. The van der Waals surface area contributed by atoms with Crippen LogP contribution in [-0.2, 0) is 19.6 Å². The zero-order valence-corrected chi connectivity index (χ0v) is 38.8.